The van der Waals surface area contributed by atoms with Crippen molar-refractivity contribution < 1.29 is 37.0 Å². The van der Waals surface area contributed by atoms with Crippen LogP contribution < -0.4 is 10.1 Å². The molecule has 1 aliphatic heterocycles. The van der Waals surface area contributed by atoms with E-state index in [0.717, 1.165) is 31.4 Å². The molecule has 1 N–H and O–H groups in total. The van der Waals surface area contributed by atoms with Crippen LogP contribution in [0.5, 0.6) is 5.75 Å². The third-order valence-electron chi connectivity index (χ3n) is 3.51. The molecule has 2 amide bonds. The standard InChI is InChI=1S/C15H15F3N2O5/c1-24-12(21)8-11-13(22)19-6-7-20(11)14(23)9-2-4-10(5-3-9)25-15(16,17)18/h2-5,11H,6-8H2,1H3,(H,19,22)/t11-/m1/s1. The Morgan fingerprint density at radius 3 is 2.48 bits per heavy atom. The molecular weight excluding hydrogens is 345 g/mol. The molecule has 1 aliphatic rings. The van der Waals surface area contributed by atoms with Gasteiger partial charge in [0.05, 0.1) is 13.5 Å². The van der Waals surface area contributed by atoms with Crippen molar-refractivity contribution in [3.05, 3.63) is 29.8 Å². The Morgan fingerprint density at radius 2 is 1.92 bits per heavy atom. The number of benzene rings is 1. The molecule has 25 heavy (non-hydrogen) atoms. The molecule has 1 aromatic carbocycles. The number of ether oxygens (including phenoxy) is 2. The van der Waals surface area contributed by atoms with Crippen LogP contribution in [0.25, 0.3) is 0 Å². The Balaban J connectivity index is 2.16. The van der Waals surface area contributed by atoms with Gasteiger partial charge in [-0.1, -0.05) is 0 Å². The molecule has 1 fully saturated rings. The number of rotatable bonds is 4. The highest BCUT2D eigenvalue weighted by Gasteiger charge is 2.35. The molecule has 0 bridgehead atoms. The molecule has 0 saturated carbocycles. The molecule has 1 heterocycles. The van der Waals surface area contributed by atoms with Crippen LogP contribution in [-0.2, 0) is 14.3 Å². The van der Waals surface area contributed by atoms with E-state index in [1.54, 1.807) is 0 Å². The lowest BCUT2D eigenvalue weighted by atomic mass is 10.1. The van der Waals surface area contributed by atoms with Gasteiger partial charge in [-0.15, -0.1) is 13.2 Å². The van der Waals surface area contributed by atoms with Crippen molar-refractivity contribution in [2.45, 2.75) is 18.8 Å². The Hall–Kier alpha value is -2.78. The number of alkyl halides is 3. The highest BCUT2D eigenvalue weighted by atomic mass is 19.4. The lowest BCUT2D eigenvalue weighted by molar-refractivity contribution is -0.274. The summed E-state index contributed by atoms with van der Waals surface area (Å²) >= 11 is 0. The first kappa shape index (κ1) is 18.6. The SMILES string of the molecule is COC(=O)C[C@@H]1C(=O)NCCN1C(=O)c1ccc(OC(F)(F)F)cc1. The Kier molecular flexibility index (Phi) is 5.50. The summed E-state index contributed by atoms with van der Waals surface area (Å²) in [6, 6.07) is 3.27. The molecule has 10 heteroatoms. The number of amides is 2. The lowest BCUT2D eigenvalue weighted by Gasteiger charge is -2.34. The topological polar surface area (TPSA) is 84.9 Å². The number of nitrogens with zero attached hydrogens (tertiary/aromatic N) is 1. The summed E-state index contributed by atoms with van der Waals surface area (Å²) in [5.41, 5.74) is 0.0686. The number of nitrogens with one attached hydrogen (secondary N) is 1. The van der Waals surface area contributed by atoms with Crippen LogP contribution in [0.1, 0.15) is 16.8 Å². The first-order valence-electron chi connectivity index (χ1n) is 7.22. The summed E-state index contributed by atoms with van der Waals surface area (Å²) in [4.78, 5) is 37.1. The van der Waals surface area contributed by atoms with Crippen LogP contribution in [0, 0.1) is 0 Å². The third-order valence-corrected chi connectivity index (χ3v) is 3.51. The minimum Gasteiger partial charge on any atom is -0.469 e. The molecular formula is C15H15F3N2O5. The molecule has 1 saturated heterocycles. The van der Waals surface area contributed by atoms with Crippen molar-refractivity contribution in [3.63, 3.8) is 0 Å². The minimum absolute atomic E-state index is 0.0686. The average molecular weight is 360 g/mol. The first-order chi connectivity index (χ1) is 11.7. The number of hydrogen-bond acceptors (Lipinski definition) is 5. The molecule has 0 radical (unpaired) electrons. The highest BCUT2D eigenvalue weighted by Crippen LogP contribution is 2.23. The summed E-state index contributed by atoms with van der Waals surface area (Å²) in [5, 5.41) is 2.55. The number of halogens is 3. The fourth-order valence-electron chi connectivity index (χ4n) is 2.37. The zero-order chi connectivity index (χ0) is 18.6. The molecule has 0 aromatic heterocycles. The van der Waals surface area contributed by atoms with Gasteiger partial charge >= 0.3 is 12.3 Å². The molecule has 1 aromatic rings. The number of carbonyl (C=O) groups excluding carboxylic acids is 3. The first-order valence-corrected chi connectivity index (χ1v) is 7.22. The van der Waals surface area contributed by atoms with Crippen LogP contribution in [0.2, 0.25) is 0 Å². The fourth-order valence-corrected chi connectivity index (χ4v) is 2.37. The molecule has 136 valence electrons. The number of methoxy groups -OCH3 is 1. The van der Waals surface area contributed by atoms with E-state index >= 15 is 0 Å². The summed E-state index contributed by atoms with van der Waals surface area (Å²) in [7, 11) is 1.16. The monoisotopic (exact) mass is 360 g/mol. The molecule has 0 aliphatic carbocycles. The summed E-state index contributed by atoms with van der Waals surface area (Å²) in [5.74, 6) is -2.20. The second kappa shape index (κ2) is 7.41. The van der Waals surface area contributed by atoms with Crippen LogP contribution in [0.15, 0.2) is 24.3 Å². The predicted molar refractivity (Wildman–Crippen MR) is 77.6 cm³/mol. The van der Waals surface area contributed by atoms with Crippen LogP contribution in [0.4, 0.5) is 13.2 Å². The highest BCUT2D eigenvalue weighted by molar-refractivity contribution is 5.99. The van der Waals surface area contributed by atoms with Gasteiger partial charge in [0, 0.05) is 18.7 Å². The van der Waals surface area contributed by atoms with Crippen molar-refractivity contribution >= 4 is 17.8 Å². The quantitative estimate of drug-likeness (QED) is 0.813. The van der Waals surface area contributed by atoms with Crippen LogP contribution in [0.3, 0.4) is 0 Å². The Bertz CT molecular complexity index is 660. The predicted octanol–water partition coefficient (Wildman–Crippen LogP) is 1.09. The third kappa shape index (κ3) is 4.85. The van der Waals surface area contributed by atoms with Gasteiger partial charge in [0.2, 0.25) is 5.91 Å². The molecule has 1 atom stereocenters. The van der Waals surface area contributed by atoms with Gasteiger partial charge in [0.25, 0.3) is 5.91 Å². The molecule has 7 nitrogen and oxygen atoms in total. The summed E-state index contributed by atoms with van der Waals surface area (Å²) in [6.07, 6.45) is -5.15. The van der Waals surface area contributed by atoms with Gasteiger partial charge in [0.15, 0.2) is 0 Å². The van der Waals surface area contributed by atoms with E-state index in [0.29, 0.717) is 0 Å². The van der Waals surface area contributed by atoms with Crippen LogP contribution >= 0.6 is 0 Å². The van der Waals surface area contributed by atoms with E-state index in [-0.39, 0.29) is 25.1 Å². The van der Waals surface area contributed by atoms with E-state index in [1.165, 1.54) is 4.90 Å². The molecule has 0 unspecified atom stereocenters. The summed E-state index contributed by atoms with van der Waals surface area (Å²) in [6.45, 7) is 0.366. The summed E-state index contributed by atoms with van der Waals surface area (Å²) < 4.78 is 44.7. The van der Waals surface area contributed by atoms with Gasteiger partial charge < -0.3 is 19.7 Å². The second-order valence-electron chi connectivity index (χ2n) is 5.16. The lowest BCUT2D eigenvalue weighted by Crippen LogP contribution is -2.57. The normalized spacial score (nSPS) is 17.7. The van der Waals surface area contributed by atoms with E-state index < -0.39 is 35.9 Å². The van der Waals surface area contributed by atoms with E-state index in [9.17, 15) is 27.6 Å². The zero-order valence-corrected chi connectivity index (χ0v) is 13.1. The molecule has 2 rings (SSSR count). The number of esters is 1. The van der Waals surface area contributed by atoms with Gasteiger partial charge in [-0.05, 0) is 24.3 Å². The van der Waals surface area contributed by atoms with E-state index in [4.69, 9.17) is 0 Å². The second-order valence-corrected chi connectivity index (χ2v) is 5.16. The smallest absolute Gasteiger partial charge is 0.469 e. The maximum atomic E-state index is 12.6. The van der Waals surface area contributed by atoms with Gasteiger partial charge in [0.1, 0.15) is 11.8 Å². The largest absolute Gasteiger partial charge is 0.573 e. The zero-order valence-electron chi connectivity index (χ0n) is 13.1. The number of piperazine rings is 1. The van der Waals surface area contributed by atoms with Crippen LogP contribution in [-0.4, -0.2) is 55.3 Å². The Morgan fingerprint density at radius 1 is 1.28 bits per heavy atom. The Labute approximate surface area is 140 Å². The maximum Gasteiger partial charge on any atom is 0.573 e. The minimum atomic E-state index is -4.83. The number of carbonyl (C=O) groups is 3. The fraction of sp³-hybridized carbons (Fsp3) is 0.400. The molecule has 0 spiro atoms. The maximum absolute atomic E-state index is 12.6. The van der Waals surface area contributed by atoms with Crippen molar-refractivity contribution in [2.75, 3.05) is 20.2 Å². The van der Waals surface area contributed by atoms with Crippen molar-refractivity contribution in [3.8, 4) is 5.75 Å². The average Bonchev–Trinajstić information content (AvgIpc) is 2.55. The van der Waals surface area contributed by atoms with Crippen molar-refractivity contribution in [2.24, 2.45) is 0 Å². The van der Waals surface area contributed by atoms with Crippen molar-refractivity contribution in [1.29, 1.82) is 0 Å². The van der Waals surface area contributed by atoms with E-state index in [2.05, 4.69) is 14.8 Å². The van der Waals surface area contributed by atoms with Gasteiger partial charge in [-0.2, -0.15) is 0 Å². The van der Waals surface area contributed by atoms with Crippen molar-refractivity contribution in [1.82, 2.24) is 10.2 Å². The number of hydrogen-bond donors (Lipinski definition) is 1. The van der Waals surface area contributed by atoms with Gasteiger partial charge in [-0.3, -0.25) is 14.4 Å². The van der Waals surface area contributed by atoms with E-state index in [1.807, 2.05) is 0 Å². The van der Waals surface area contributed by atoms with Gasteiger partial charge in [-0.25, -0.2) is 0 Å².